The maximum atomic E-state index is 10.6. The van der Waals surface area contributed by atoms with Gasteiger partial charge in [-0.2, -0.15) is 0 Å². The van der Waals surface area contributed by atoms with Gasteiger partial charge in [0.15, 0.2) is 0 Å². The van der Waals surface area contributed by atoms with Crippen molar-refractivity contribution in [3.8, 4) is 0 Å². The number of benzene rings is 3. The zero-order valence-electron chi connectivity index (χ0n) is 14.5. The third-order valence-electron chi connectivity index (χ3n) is 3.78. The molecule has 0 aromatic heterocycles. The van der Waals surface area contributed by atoms with E-state index >= 15 is 0 Å². The molecule has 8 nitrogen and oxygen atoms in total. The largest absolute Gasteiger partial charge is 0.269 e. The summed E-state index contributed by atoms with van der Waals surface area (Å²) < 4.78 is 0. The van der Waals surface area contributed by atoms with Crippen LogP contribution in [0.4, 0.5) is 22.7 Å². The lowest BCUT2D eigenvalue weighted by molar-refractivity contribution is -0.385. The molecule has 0 aliphatic heterocycles. The second kappa shape index (κ2) is 8.45. The van der Waals surface area contributed by atoms with Crippen LogP contribution in [0.2, 0.25) is 0 Å². The second-order valence-corrected chi connectivity index (χ2v) is 5.73. The van der Waals surface area contributed by atoms with Crippen molar-refractivity contribution in [1.29, 1.82) is 0 Å². The minimum Gasteiger partial charge on any atom is -0.258 e. The van der Waals surface area contributed by atoms with Crippen molar-refractivity contribution in [2.24, 2.45) is 9.98 Å². The van der Waals surface area contributed by atoms with E-state index in [1.54, 1.807) is 61.0 Å². The lowest BCUT2D eigenvalue weighted by Crippen LogP contribution is -1.88. The smallest absolute Gasteiger partial charge is 0.258 e. The highest BCUT2D eigenvalue weighted by Gasteiger charge is 2.03. The molecular weight excluding hydrogens is 360 g/mol. The molecule has 3 rings (SSSR count). The van der Waals surface area contributed by atoms with Crippen LogP contribution in [0.15, 0.2) is 82.8 Å². The summed E-state index contributed by atoms with van der Waals surface area (Å²) >= 11 is 0. The normalized spacial score (nSPS) is 11.1. The van der Waals surface area contributed by atoms with E-state index in [2.05, 4.69) is 9.98 Å². The van der Waals surface area contributed by atoms with Gasteiger partial charge in [0.2, 0.25) is 0 Å². The van der Waals surface area contributed by atoms with Crippen LogP contribution < -0.4 is 0 Å². The number of hydrogen-bond acceptors (Lipinski definition) is 6. The van der Waals surface area contributed by atoms with Gasteiger partial charge in [-0.3, -0.25) is 30.2 Å². The molecule has 0 aliphatic carbocycles. The predicted molar refractivity (Wildman–Crippen MR) is 107 cm³/mol. The van der Waals surface area contributed by atoms with Crippen molar-refractivity contribution >= 4 is 35.2 Å². The number of aliphatic imine (C=N–C) groups is 2. The highest BCUT2D eigenvalue weighted by Crippen LogP contribution is 2.19. The molecule has 28 heavy (non-hydrogen) atoms. The number of hydrogen-bond donors (Lipinski definition) is 0. The van der Waals surface area contributed by atoms with E-state index in [9.17, 15) is 20.2 Å². The number of nitrogens with zero attached hydrogens (tertiary/aromatic N) is 4. The number of non-ortho nitro benzene ring substituents is 2. The fourth-order valence-corrected chi connectivity index (χ4v) is 2.29. The van der Waals surface area contributed by atoms with E-state index in [4.69, 9.17) is 0 Å². The van der Waals surface area contributed by atoms with Crippen LogP contribution in [-0.4, -0.2) is 22.3 Å². The van der Waals surface area contributed by atoms with Gasteiger partial charge in [0.1, 0.15) is 0 Å². The highest BCUT2D eigenvalue weighted by molar-refractivity contribution is 5.83. The van der Waals surface area contributed by atoms with E-state index < -0.39 is 9.85 Å². The number of nitro benzene ring substituents is 2. The monoisotopic (exact) mass is 374 g/mol. The Labute approximate surface area is 159 Å². The Morgan fingerprint density at radius 2 is 0.893 bits per heavy atom. The maximum Gasteiger partial charge on any atom is 0.269 e. The molecule has 0 N–H and O–H groups in total. The molecule has 0 radical (unpaired) electrons. The van der Waals surface area contributed by atoms with Gasteiger partial charge in [0, 0.05) is 36.7 Å². The lowest BCUT2D eigenvalue weighted by Gasteiger charge is -1.97. The Morgan fingerprint density at radius 1 is 0.571 bits per heavy atom. The van der Waals surface area contributed by atoms with Crippen molar-refractivity contribution < 1.29 is 9.85 Å². The molecule has 0 saturated heterocycles. The Balaban J connectivity index is 1.64. The first-order valence-electron chi connectivity index (χ1n) is 8.18. The quantitative estimate of drug-likeness (QED) is 0.343. The van der Waals surface area contributed by atoms with Gasteiger partial charge in [-0.05, 0) is 59.7 Å². The van der Waals surface area contributed by atoms with E-state index in [0.29, 0.717) is 11.4 Å². The average molecular weight is 374 g/mol. The molecule has 0 bridgehead atoms. The second-order valence-electron chi connectivity index (χ2n) is 5.73. The molecule has 0 saturated carbocycles. The van der Waals surface area contributed by atoms with Gasteiger partial charge in [0.25, 0.3) is 11.4 Å². The average Bonchev–Trinajstić information content (AvgIpc) is 2.72. The van der Waals surface area contributed by atoms with Crippen molar-refractivity contribution in [3.63, 3.8) is 0 Å². The lowest BCUT2D eigenvalue weighted by atomic mass is 10.2. The molecule has 3 aromatic carbocycles. The molecule has 0 unspecified atom stereocenters. The Hall–Kier alpha value is -4.20. The molecule has 0 atom stereocenters. The molecular formula is C20H14N4O4. The molecule has 0 aliphatic rings. The molecule has 8 heteroatoms. The fourth-order valence-electron chi connectivity index (χ4n) is 2.29. The summed E-state index contributed by atoms with van der Waals surface area (Å²) in [5, 5.41) is 21.3. The Morgan fingerprint density at radius 3 is 1.18 bits per heavy atom. The summed E-state index contributed by atoms with van der Waals surface area (Å²) in [6, 6.07) is 19.4. The van der Waals surface area contributed by atoms with Crippen LogP contribution in [0.25, 0.3) is 0 Å². The minimum atomic E-state index is -0.448. The molecule has 3 aromatic rings. The molecule has 0 heterocycles. The van der Waals surface area contributed by atoms with Gasteiger partial charge in [-0.15, -0.1) is 0 Å². The van der Waals surface area contributed by atoms with Crippen LogP contribution in [0.1, 0.15) is 11.1 Å². The van der Waals surface area contributed by atoms with E-state index in [1.807, 2.05) is 0 Å². The van der Waals surface area contributed by atoms with E-state index in [0.717, 1.165) is 11.1 Å². The summed E-state index contributed by atoms with van der Waals surface area (Å²) in [5.74, 6) is 0. The summed E-state index contributed by atoms with van der Waals surface area (Å²) in [7, 11) is 0. The van der Waals surface area contributed by atoms with Gasteiger partial charge < -0.3 is 0 Å². The van der Waals surface area contributed by atoms with Crippen molar-refractivity contribution in [2.75, 3.05) is 0 Å². The third-order valence-corrected chi connectivity index (χ3v) is 3.78. The van der Waals surface area contributed by atoms with Crippen molar-refractivity contribution in [1.82, 2.24) is 0 Å². The first-order chi connectivity index (χ1) is 13.5. The van der Waals surface area contributed by atoms with Crippen LogP contribution in [0, 0.1) is 20.2 Å². The first-order valence-corrected chi connectivity index (χ1v) is 8.18. The molecule has 0 amide bonds. The van der Waals surface area contributed by atoms with Gasteiger partial charge in [-0.1, -0.05) is 0 Å². The molecule has 138 valence electrons. The summed E-state index contributed by atoms with van der Waals surface area (Å²) in [6.45, 7) is 0. The Kier molecular flexibility index (Phi) is 5.61. The van der Waals surface area contributed by atoms with Gasteiger partial charge in [0.05, 0.1) is 21.2 Å². The molecule has 0 fully saturated rings. The van der Waals surface area contributed by atoms with Crippen LogP contribution in [-0.2, 0) is 0 Å². The first kappa shape index (κ1) is 18.6. The fraction of sp³-hybridized carbons (Fsp3) is 0. The number of rotatable bonds is 6. The zero-order chi connectivity index (χ0) is 19.9. The summed E-state index contributed by atoms with van der Waals surface area (Å²) in [6.07, 6.45) is 3.25. The standard InChI is InChI=1S/C20H14N4O4/c25-23(26)19-9-1-15(2-10-19)13-21-17-5-7-18(8-6-17)22-14-16-3-11-20(12-4-16)24(27)28/h1-14H. The van der Waals surface area contributed by atoms with Crippen LogP contribution in [0.3, 0.4) is 0 Å². The van der Waals surface area contributed by atoms with E-state index in [1.165, 1.54) is 24.3 Å². The zero-order valence-corrected chi connectivity index (χ0v) is 14.5. The van der Waals surface area contributed by atoms with Crippen LogP contribution in [0.5, 0.6) is 0 Å². The SMILES string of the molecule is O=[N+]([O-])c1ccc(C=Nc2ccc(N=Cc3ccc([N+](=O)[O-])cc3)cc2)cc1. The minimum absolute atomic E-state index is 0.0346. The molecule has 0 spiro atoms. The van der Waals surface area contributed by atoms with Crippen molar-refractivity contribution in [3.05, 3.63) is 104 Å². The highest BCUT2D eigenvalue weighted by atomic mass is 16.6. The topological polar surface area (TPSA) is 111 Å². The summed E-state index contributed by atoms with van der Waals surface area (Å²) in [5.41, 5.74) is 3.01. The van der Waals surface area contributed by atoms with Crippen LogP contribution >= 0.6 is 0 Å². The van der Waals surface area contributed by atoms with Crippen molar-refractivity contribution in [2.45, 2.75) is 0 Å². The van der Waals surface area contributed by atoms with Gasteiger partial charge in [-0.25, -0.2) is 0 Å². The van der Waals surface area contributed by atoms with E-state index in [-0.39, 0.29) is 11.4 Å². The maximum absolute atomic E-state index is 10.6. The third kappa shape index (κ3) is 4.92. The predicted octanol–water partition coefficient (Wildman–Crippen LogP) is 5.00. The number of nitro groups is 2. The van der Waals surface area contributed by atoms with Gasteiger partial charge >= 0.3 is 0 Å². The Bertz CT molecular complexity index is 955. The summed E-state index contributed by atoms with van der Waals surface area (Å²) in [4.78, 5) is 29.0.